The van der Waals surface area contributed by atoms with Crippen molar-refractivity contribution in [2.24, 2.45) is 5.73 Å². The third-order valence-electron chi connectivity index (χ3n) is 3.41. The van der Waals surface area contributed by atoms with Crippen molar-refractivity contribution in [1.29, 1.82) is 0 Å². The van der Waals surface area contributed by atoms with Crippen LogP contribution in [0.3, 0.4) is 0 Å². The van der Waals surface area contributed by atoms with Crippen molar-refractivity contribution in [1.82, 2.24) is 9.80 Å². The fourth-order valence-electron chi connectivity index (χ4n) is 2.13. The summed E-state index contributed by atoms with van der Waals surface area (Å²) in [6.07, 6.45) is 0. The highest BCUT2D eigenvalue weighted by Crippen LogP contribution is 2.19. The number of nitrogens with two attached hydrogens (primary N) is 1. The van der Waals surface area contributed by atoms with Crippen LogP contribution in [-0.4, -0.2) is 55.3 Å². The average Bonchev–Trinajstić information content (AvgIpc) is 2.41. The van der Waals surface area contributed by atoms with Crippen LogP contribution in [-0.2, 0) is 6.54 Å². The molecule has 1 saturated heterocycles. The second-order valence-corrected chi connectivity index (χ2v) is 6.01. The van der Waals surface area contributed by atoms with E-state index in [1.807, 2.05) is 11.8 Å². The van der Waals surface area contributed by atoms with Gasteiger partial charge in [-0.2, -0.15) is 0 Å². The average molecular weight is 265 g/mol. The van der Waals surface area contributed by atoms with Crippen molar-refractivity contribution >= 4 is 11.8 Å². The number of hydrogen-bond acceptors (Lipinski definition) is 4. The molecule has 0 saturated carbocycles. The predicted molar refractivity (Wildman–Crippen MR) is 79.0 cm³/mol. The molecular formula is C14H23N3S. The van der Waals surface area contributed by atoms with Crippen molar-refractivity contribution in [3.05, 3.63) is 29.8 Å². The van der Waals surface area contributed by atoms with Gasteiger partial charge in [-0.3, -0.25) is 4.90 Å². The number of benzene rings is 1. The van der Waals surface area contributed by atoms with Gasteiger partial charge in [-0.25, -0.2) is 0 Å². The second-order valence-electron chi connectivity index (χ2n) is 4.84. The molecule has 18 heavy (non-hydrogen) atoms. The summed E-state index contributed by atoms with van der Waals surface area (Å²) in [5, 5.41) is 0. The Morgan fingerprint density at radius 2 is 2.00 bits per heavy atom. The largest absolute Gasteiger partial charge is 0.326 e. The molecule has 0 aromatic heterocycles. The highest BCUT2D eigenvalue weighted by atomic mass is 32.2. The van der Waals surface area contributed by atoms with Gasteiger partial charge in [0.05, 0.1) is 0 Å². The highest BCUT2D eigenvalue weighted by Gasteiger charge is 2.12. The standard InChI is InChI=1S/C14H23N3S/c1-16-5-7-17(8-6-16)9-10-18-14-4-2-3-13(11-14)12-15/h2-4,11H,5-10,12,15H2,1H3. The molecule has 1 aliphatic heterocycles. The first-order valence-electron chi connectivity index (χ1n) is 6.60. The number of hydrogen-bond donors (Lipinski definition) is 1. The third kappa shape index (κ3) is 4.28. The van der Waals surface area contributed by atoms with E-state index in [0.29, 0.717) is 6.54 Å². The summed E-state index contributed by atoms with van der Waals surface area (Å²) in [4.78, 5) is 6.29. The number of nitrogens with zero attached hydrogens (tertiary/aromatic N) is 2. The van der Waals surface area contributed by atoms with Gasteiger partial charge in [0.1, 0.15) is 0 Å². The summed E-state index contributed by atoms with van der Waals surface area (Å²) < 4.78 is 0. The molecule has 1 aromatic carbocycles. The number of rotatable bonds is 5. The monoisotopic (exact) mass is 265 g/mol. The smallest absolute Gasteiger partial charge is 0.0178 e. The van der Waals surface area contributed by atoms with Crippen molar-refractivity contribution in [3.8, 4) is 0 Å². The number of likely N-dealkylation sites (N-methyl/N-ethyl adjacent to an activating group) is 1. The lowest BCUT2D eigenvalue weighted by Gasteiger charge is -2.32. The zero-order valence-electron chi connectivity index (χ0n) is 11.1. The molecule has 100 valence electrons. The fraction of sp³-hybridized carbons (Fsp3) is 0.571. The molecule has 3 nitrogen and oxygen atoms in total. The summed E-state index contributed by atoms with van der Waals surface area (Å²) in [6, 6.07) is 8.56. The van der Waals surface area contributed by atoms with Crippen LogP contribution in [0.15, 0.2) is 29.2 Å². The normalized spacial score (nSPS) is 18.1. The summed E-state index contributed by atoms with van der Waals surface area (Å²) >= 11 is 1.93. The van der Waals surface area contributed by atoms with E-state index in [1.165, 1.54) is 43.2 Å². The van der Waals surface area contributed by atoms with E-state index in [4.69, 9.17) is 5.73 Å². The first kappa shape index (κ1) is 13.9. The molecule has 2 N–H and O–H groups in total. The van der Waals surface area contributed by atoms with E-state index < -0.39 is 0 Å². The van der Waals surface area contributed by atoms with Gasteiger partial charge in [0.25, 0.3) is 0 Å². The lowest BCUT2D eigenvalue weighted by molar-refractivity contribution is 0.161. The number of piperazine rings is 1. The molecule has 2 rings (SSSR count). The first-order valence-corrected chi connectivity index (χ1v) is 7.59. The minimum absolute atomic E-state index is 0.632. The fourth-order valence-corrected chi connectivity index (χ4v) is 3.12. The van der Waals surface area contributed by atoms with E-state index in [9.17, 15) is 0 Å². The minimum atomic E-state index is 0.632. The van der Waals surface area contributed by atoms with Crippen molar-refractivity contribution in [2.45, 2.75) is 11.4 Å². The molecule has 0 aliphatic carbocycles. The molecule has 0 atom stereocenters. The maximum Gasteiger partial charge on any atom is 0.0178 e. The molecular weight excluding hydrogens is 242 g/mol. The first-order chi connectivity index (χ1) is 8.78. The van der Waals surface area contributed by atoms with Gasteiger partial charge in [-0.15, -0.1) is 11.8 Å². The Morgan fingerprint density at radius 3 is 2.72 bits per heavy atom. The van der Waals surface area contributed by atoms with Crippen LogP contribution >= 0.6 is 11.8 Å². The minimum Gasteiger partial charge on any atom is -0.326 e. The molecule has 0 radical (unpaired) electrons. The lowest BCUT2D eigenvalue weighted by atomic mass is 10.2. The van der Waals surface area contributed by atoms with Crippen LogP contribution in [0.25, 0.3) is 0 Å². The maximum absolute atomic E-state index is 5.66. The van der Waals surface area contributed by atoms with Gasteiger partial charge in [0, 0.05) is 49.9 Å². The predicted octanol–water partition coefficient (Wildman–Crippen LogP) is 1.48. The van der Waals surface area contributed by atoms with Crippen LogP contribution in [0.5, 0.6) is 0 Å². The van der Waals surface area contributed by atoms with Crippen LogP contribution in [0, 0.1) is 0 Å². The molecule has 1 heterocycles. The zero-order chi connectivity index (χ0) is 12.8. The molecule has 1 aromatic rings. The molecule has 4 heteroatoms. The molecule has 1 aliphatic rings. The van der Waals surface area contributed by atoms with Gasteiger partial charge in [-0.1, -0.05) is 12.1 Å². The topological polar surface area (TPSA) is 32.5 Å². The third-order valence-corrected chi connectivity index (χ3v) is 4.38. The Labute approximate surface area is 114 Å². The summed E-state index contributed by atoms with van der Waals surface area (Å²) in [5.41, 5.74) is 6.88. The van der Waals surface area contributed by atoms with Crippen LogP contribution in [0.2, 0.25) is 0 Å². The zero-order valence-corrected chi connectivity index (χ0v) is 12.0. The van der Waals surface area contributed by atoms with Crippen molar-refractivity contribution < 1.29 is 0 Å². The van der Waals surface area contributed by atoms with E-state index in [2.05, 4.69) is 41.1 Å². The van der Waals surface area contributed by atoms with Gasteiger partial charge < -0.3 is 10.6 Å². The Bertz CT molecular complexity index is 362. The van der Waals surface area contributed by atoms with E-state index in [-0.39, 0.29) is 0 Å². The van der Waals surface area contributed by atoms with E-state index >= 15 is 0 Å². The molecule has 0 bridgehead atoms. The highest BCUT2D eigenvalue weighted by molar-refractivity contribution is 7.99. The summed E-state index contributed by atoms with van der Waals surface area (Å²) in [6.45, 7) is 6.64. The number of thioether (sulfide) groups is 1. The van der Waals surface area contributed by atoms with Crippen LogP contribution < -0.4 is 5.73 Å². The summed E-state index contributed by atoms with van der Waals surface area (Å²) in [7, 11) is 2.20. The van der Waals surface area contributed by atoms with E-state index in [1.54, 1.807) is 0 Å². The van der Waals surface area contributed by atoms with Gasteiger partial charge in [-0.05, 0) is 24.7 Å². The van der Waals surface area contributed by atoms with Gasteiger partial charge in [0.2, 0.25) is 0 Å². The van der Waals surface area contributed by atoms with Gasteiger partial charge >= 0.3 is 0 Å². The lowest BCUT2D eigenvalue weighted by Crippen LogP contribution is -2.45. The van der Waals surface area contributed by atoms with Crippen LogP contribution in [0.1, 0.15) is 5.56 Å². The van der Waals surface area contributed by atoms with Gasteiger partial charge in [0.15, 0.2) is 0 Å². The Morgan fingerprint density at radius 1 is 1.22 bits per heavy atom. The quantitative estimate of drug-likeness (QED) is 0.818. The Kier molecular flexibility index (Phi) is 5.50. The molecule has 0 unspecified atom stereocenters. The van der Waals surface area contributed by atoms with Crippen molar-refractivity contribution in [3.63, 3.8) is 0 Å². The SMILES string of the molecule is CN1CCN(CCSc2cccc(CN)c2)CC1. The second kappa shape index (κ2) is 7.14. The molecule has 1 fully saturated rings. The maximum atomic E-state index is 5.66. The van der Waals surface area contributed by atoms with E-state index in [0.717, 1.165) is 5.75 Å². The Hall–Kier alpha value is -0.550. The van der Waals surface area contributed by atoms with Crippen molar-refractivity contribution in [2.75, 3.05) is 45.5 Å². The van der Waals surface area contributed by atoms with Crippen LogP contribution in [0.4, 0.5) is 0 Å². The Balaban J connectivity index is 1.71. The molecule has 0 amide bonds. The molecule has 0 spiro atoms. The summed E-state index contributed by atoms with van der Waals surface area (Å²) in [5.74, 6) is 1.16.